The molecule has 0 bridgehead atoms. The molecule has 0 rings (SSSR count). The summed E-state index contributed by atoms with van der Waals surface area (Å²) >= 11 is 1.70. The summed E-state index contributed by atoms with van der Waals surface area (Å²) in [4.78, 5) is 0. The van der Waals surface area contributed by atoms with Crippen molar-refractivity contribution in [3.63, 3.8) is 0 Å². The molecule has 0 aromatic heterocycles. The molecule has 0 saturated carbocycles. The molecular formula is CH4AgO2. The van der Waals surface area contributed by atoms with Gasteiger partial charge in [-0.05, 0) is 0 Å². The van der Waals surface area contributed by atoms with Crippen LogP contribution in [0.2, 0.25) is 0 Å². The standard InChI is InChI=1S/CH4O.Ag.O/c1-2;;/h2H,1H3;;. The molecule has 3 heteroatoms. The van der Waals surface area contributed by atoms with E-state index in [-0.39, 0.29) is 0 Å². The molecule has 0 aliphatic heterocycles. The minimum atomic E-state index is 1.00. The van der Waals surface area contributed by atoms with Crippen molar-refractivity contribution in [1.29, 1.82) is 0 Å². The number of hydrogen-bond acceptors (Lipinski definition) is 2. The van der Waals surface area contributed by atoms with Crippen molar-refractivity contribution in [3.8, 4) is 0 Å². The molecule has 0 unspecified atom stereocenters. The van der Waals surface area contributed by atoms with E-state index in [0.29, 0.717) is 0 Å². The fourth-order valence-corrected chi connectivity index (χ4v) is 0. The van der Waals surface area contributed by atoms with Gasteiger partial charge in [0.05, 0.1) is 0 Å². The molecule has 0 aromatic rings. The first-order valence-electron chi connectivity index (χ1n) is 0.570. The van der Waals surface area contributed by atoms with Crippen LogP contribution in [-0.4, -0.2) is 12.2 Å². The Labute approximate surface area is 37.1 Å². The molecule has 0 atom stereocenters. The van der Waals surface area contributed by atoms with Gasteiger partial charge in [0.1, 0.15) is 0 Å². The molecule has 4 heavy (non-hydrogen) atoms. The van der Waals surface area contributed by atoms with Crippen LogP contribution < -0.4 is 0 Å². The van der Waals surface area contributed by atoms with E-state index in [9.17, 15) is 0 Å². The molecule has 1 N–H and O–H groups in total. The third-order valence-electron chi connectivity index (χ3n) is 0. The van der Waals surface area contributed by atoms with Crippen LogP contribution in [0.5, 0.6) is 0 Å². The number of aliphatic hydroxyl groups excluding tert-OH is 1. The van der Waals surface area contributed by atoms with Gasteiger partial charge in [-0.25, -0.2) is 0 Å². The van der Waals surface area contributed by atoms with Gasteiger partial charge < -0.3 is 5.11 Å². The molecule has 31 valence electrons. The van der Waals surface area contributed by atoms with Gasteiger partial charge in [-0.1, -0.05) is 0 Å². The second-order valence-electron chi connectivity index (χ2n) is 0. The first-order valence-corrected chi connectivity index (χ1v) is 1.18. The maximum atomic E-state index is 8.06. The topological polar surface area (TPSA) is 37.3 Å². The molecule has 0 radical (unpaired) electrons. The van der Waals surface area contributed by atoms with Crippen molar-refractivity contribution < 1.29 is 29.4 Å². The van der Waals surface area contributed by atoms with Gasteiger partial charge in [0.2, 0.25) is 0 Å². The van der Waals surface area contributed by atoms with Crippen LogP contribution in [-0.2, 0) is 24.3 Å². The fourth-order valence-electron chi connectivity index (χ4n) is 0. The fraction of sp³-hybridized carbons (Fsp3) is 1.00. The van der Waals surface area contributed by atoms with Gasteiger partial charge >= 0.3 is 24.3 Å². The summed E-state index contributed by atoms with van der Waals surface area (Å²) in [5.74, 6) is 0. The van der Waals surface area contributed by atoms with Crippen LogP contribution in [0.25, 0.3) is 0 Å². The zero-order chi connectivity index (χ0) is 4.00. The molecule has 0 amide bonds. The van der Waals surface area contributed by atoms with Gasteiger partial charge in [-0.2, -0.15) is 0 Å². The Morgan fingerprint density at radius 3 is 1.50 bits per heavy atom. The summed E-state index contributed by atoms with van der Waals surface area (Å²) in [5, 5.41) is 7.00. The minimum absolute atomic E-state index is 1.00. The van der Waals surface area contributed by atoms with Crippen molar-refractivity contribution in [1.82, 2.24) is 0 Å². The summed E-state index contributed by atoms with van der Waals surface area (Å²) < 4.78 is 8.06. The molecule has 2 nitrogen and oxygen atoms in total. The Balaban J connectivity index is 0. The van der Waals surface area contributed by atoms with Crippen molar-refractivity contribution in [2.24, 2.45) is 0 Å². The Kier molecular flexibility index (Phi) is 193. The SMILES string of the molecule is CO.[O]=[Ag]. The maximum absolute atomic E-state index is 8.06. The van der Waals surface area contributed by atoms with Gasteiger partial charge in [0.15, 0.2) is 0 Å². The van der Waals surface area contributed by atoms with Gasteiger partial charge in [0, 0.05) is 7.11 Å². The van der Waals surface area contributed by atoms with Crippen LogP contribution in [0.4, 0.5) is 0 Å². The summed E-state index contributed by atoms with van der Waals surface area (Å²) in [6.07, 6.45) is 0. The number of rotatable bonds is 0. The van der Waals surface area contributed by atoms with Crippen molar-refractivity contribution in [2.75, 3.05) is 7.11 Å². The third kappa shape index (κ3) is 22.5. The van der Waals surface area contributed by atoms with E-state index in [4.69, 9.17) is 8.36 Å². The molecule has 0 heterocycles. The summed E-state index contributed by atoms with van der Waals surface area (Å²) in [5.41, 5.74) is 0. The second kappa shape index (κ2) is 87.4. The van der Waals surface area contributed by atoms with Crippen LogP contribution in [0.3, 0.4) is 0 Å². The van der Waals surface area contributed by atoms with E-state index in [1.54, 1.807) is 21.0 Å². The van der Waals surface area contributed by atoms with Crippen LogP contribution in [0.1, 0.15) is 0 Å². The molecule has 0 fully saturated rings. The first-order chi connectivity index (χ1) is 2.00. The Morgan fingerprint density at radius 1 is 1.50 bits per heavy atom. The van der Waals surface area contributed by atoms with E-state index in [2.05, 4.69) is 0 Å². The summed E-state index contributed by atoms with van der Waals surface area (Å²) in [7, 11) is 1.00. The van der Waals surface area contributed by atoms with Gasteiger partial charge in [0.25, 0.3) is 0 Å². The third-order valence-corrected chi connectivity index (χ3v) is 0. The summed E-state index contributed by atoms with van der Waals surface area (Å²) in [6, 6.07) is 0. The molecule has 0 aromatic carbocycles. The molecule has 0 spiro atoms. The Hall–Kier alpha value is 0.500. The first kappa shape index (κ1) is 8.82. The molecule has 0 saturated heterocycles. The Morgan fingerprint density at radius 2 is 1.50 bits per heavy atom. The van der Waals surface area contributed by atoms with Crippen LogP contribution >= 0.6 is 0 Å². The average molecular weight is 156 g/mol. The predicted octanol–water partition coefficient (Wildman–Crippen LogP) is -0.513. The second-order valence-corrected chi connectivity index (χ2v) is 0. The van der Waals surface area contributed by atoms with Crippen molar-refractivity contribution in [2.45, 2.75) is 0 Å². The van der Waals surface area contributed by atoms with E-state index in [0.717, 1.165) is 7.11 Å². The normalized spacial score (nSPS) is 3.00. The van der Waals surface area contributed by atoms with Crippen molar-refractivity contribution >= 4 is 0 Å². The van der Waals surface area contributed by atoms with Crippen molar-refractivity contribution in [3.05, 3.63) is 0 Å². The predicted molar refractivity (Wildman–Crippen MR) is 8.83 cm³/mol. The molecule has 0 aliphatic rings. The monoisotopic (exact) mass is 155 g/mol. The van der Waals surface area contributed by atoms with Gasteiger partial charge in [-0.15, -0.1) is 0 Å². The molecule has 0 aliphatic carbocycles. The quantitative estimate of drug-likeness (QED) is 0.479. The van der Waals surface area contributed by atoms with Crippen LogP contribution in [0.15, 0.2) is 0 Å². The van der Waals surface area contributed by atoms with E-state index < -0.39 is 0 Å². The summed E-state index contributed by atoms with van der Waals surface area (Å²) in [6.45, 7) is 0. The average Bonchev–Trinajstić information content (AvgIpc) is 1.50. The zero-order valence-electron chi connectivity index (χ0n) is 2.16. The van der Waals surface area contributed by atoms with E-state index in [1.807, 2.05) is 0 Å². The van der Waals surface area contributed by atoms with E-state index >= 15 is 0 Å². The Bertz CT molecular complexity index is 6.00. The zero-order valence-corrected chi connectivity index (χ0v) is 3.64. The van der Waals surface area contributed by atoms with E-state index in [1.165, 1.54) is 0 Å². The number of hydrogen-bond donors (Lipinski definition) is 1. The van der Waals surface area contributed by atoms with Gasteiger partial charge in [-0.3, -0.25) is 0 Å². The molecular weight excluding hydrogens is 152 g/mol. The van der Waals surface area contributed by atoms with Crippen LogP contribution in [0, 0.1) is 0 Å². The number of aliphatic hydroxyl groups is 1.